The third kappa shape index (κ3) is 4.49. The number of nitrogens with one attached hydrogen (secondary N) is 1. The molecule has 3 N–H and O–H groups in total. The first kappa shape index (κ1) is 18.6. The minimum Gasteiger partial charge on any atom is -0.355 e. The van der Waals surface area contributed by atoms with Crippen molar-refractivity contribution in [1.29, 1.82) is 0 Å². The summed E-state index contributed by atoms with van der Waals surface area (Å²) in [4.78, 5) is 11.8. The SMILES string of the molecule is CC(N)CC(=O)NCC1(c2ccc(Cl)cc2Cl)CCC1.Cl. The van der Waals surface area contributed by atoms with Crippen LogP contribution < -0.4 is 11.1 Å². The van der Waals surface area contributed by atoms with Crippen LogP contribution >= 0.6 is 35.6 Å². The molecule has 1 aliphatic rings. The Hall–Kier alpha value is -0.480. The highest BCUT2D eigenvalue weighted by molar-refractivity contribution is 6.35. The minimum atomic E-state index is -0.119. The van der Waals surface area contributed by atoms with Gasteiger partial charge in [0.25, 0.3) is 0 Å². The predicted molar refractivity (Wildman–Crippen MR) is 90.5 cm³/mol. The van der Waals surface area contributed by atoms with Crippen molar-refractivity contribution in [2.45, 2.75) is 44.1 Å². The summed E-state index contributed by atoms with van der Waals surface area (Å²) in [6.45, 7) is 2.44. The number of rotatable bonds is 5. The summed E-state index contributed by atoms with van der Waals surface area (Å²) in [7, 11) is 0. The summed E-state index contributed by atoms with van der Waals surface area (Å²) in [5, 5.41) is 4.30. The summed E-state index contributed by atoms with van der Waals surface area (Å²) in [5.74, 6) is -0.00337. The molecule has 1 atom stereocenters. The maximum absolute atomic E-state index is 11.8. The van der Waals surface area contributed by atoms with E-state index in [0.717, 1.165) is 24.8 Å². The number of hydrogen-bond acceptors (Lipinski definition) is 2. The van der Waals surface area contributed by atoms with Crippen molar-refractivity contribution in [3.8, 4) is 0 Å². The van der Waals surface area contributed by atoms with E-state index >= 15 is 0 Å². The molecule has 0 heterocycles. The maximum Gasteiger partial charge on any atom is 0.221 e. The van der Waals surface area contributed by atoms with Crippen LogP contribution in [0.2, 0.25) is 10.0 Å². The molecule has 0 radical (unpaired) electrons. The fraction of sp³-hybridized carbons (Fsp3) is 0.533. The van der Waals surface area contributed by atoms with Crippen LogP contribution in [0.5, 0.6) is 0 Å². The van der Waals surface area contributed by atoms with Crippen LogP contribution in [0, 0.1) is 0 Å². The van der Waals surface area contributed by atoms with Gasteiger partial charge in [0.05, 0.1) is 0 Å². The van der Waals surface area contributed by atoms with Crippen molar-refractivity contribution in [2.24, 2.45) is 5.73 Å². The number of nitrogens with two attached hydrogens (primary N) is 1. The molecular weight excluding hydrogens is 331 g/mol. The van der Waals surface area contributed by atoms with E-state index in [1.807, 2.05) is 19.1 Å². The molecule has 3 nitrogen and oxygen atoms in total. The maximum atomic E-state index is 11.8. The highest BCUT2D eigenvalue weighted by Gasteiger charge is 2.40. The van der Waals surface area contributed by atoms with E-state index in [0.29, 0.717) is 23.0 Å². The van der Waals surface area contributed by atoms with Crippen LogP contribution in [-0.4, -0.2) is 18.5 Å². The lowest BCUT2D eigenvalue weighted by Crippen LogP contribution is -2.46. The van der Waals surface area contributed by atoms with Gasteiger partial charge in [0, 0.05) is 34.5 Å². The molecule has 0 aliphatic heterocycles. The second-order valence-electron chi connectivity index (χ2n) is 5.72. The molecule has 21 heavy (non-hydrogen) atoms. The van der Waals surface area contributed by atoms with Gasteiger partial charge in [-0.15, -0.1) is 12.4 Å². The first-order valence-corrected chi connectivity index (χ1v) is 7.66. The third-order valence-electron chi connectivity index (χ3n) is 3.94. The summed E-state index contributed by atoms with van der Waals surface area (Å²) < 4.78 is 0. The van der Waals surface area contributed by atoms with E-state index in [1.54, 1.807) is 6.07 Å². The van der Waals surface area contributed by atoms with Crippen molar-refractivity contribution < 1.29 is 4.79 Å². The zero-order chi connectivity index (χ0) is 14.8. The summed E-state index contributed by atoms with van der Waals surface area (Å²) >= 11 is 12.3. The Morgan fingerprint density at radius 1 is 1.43 bits per heavy atom. The van der Waals surface area contributed by atoms with Gasteiger partial charge in [0.2, 0.25) is 5.91 Å². The zero-order valence-corrected chi connectivity index (χ0v) is 14.3. The Morgan fingerprint density at radius 3 is 2.57 bits per heavy atom. The van der Waals surface area contributed by atoms with Gasteiger partial charge in [-0.1, -0.05) is 35.7 Å². The van der Waals surface area contributed by atoms with Gasteiger partial charge in [0.15, 0.2) is 0 Å². The van der Waals surface area contributed by atoms with Crippen LogP contribution in [0.4, 0.5) is 0 Å². The first-order chi connectivity index (χ1) is 9.43. The smallest absolute Gasteiger partial charge is 0.221 e. The molecule has 2 rings (SSSR count). The Balaban J connectivity index is 0.00000220. The lowest BCUT2D eigenvalue weighted by molar-refractivity contribution is -0.121. The first-order valence-electron chi connectivity index (χ1n) is 6.91. The largest absolute Gasteiger partial charge is 0.355 e. The topological polar surface area (TPSA) is 55.1 Å². The lowest BCUT2D eigenvalue weighted by Gasteiger charge is -2.43. The summed E-state index contributed by atoms with van der Waals surface area (Å²) in [6, 6.07) is 5.47. The quantitative estimate of drug-likeness (QED) is 0.850. The van der Waals surface area contributed by atoms with Crippen molar-refractivity contribution in [2.75, 3.05) is 6.54 Å². The molecule has 1 amide bonds. The van der Waals surface area contributed by atoms with Gasteiger partial charge in [0.1, 0.15) is 0 Å². The molecule has 1 saturated carbocycles. The lowest BCUT2D eigenvalue weighted by atomic mass is 9.64. The molecule has 0 aromatic heterocycles. The van der Waals surface area contributed by atoms with E-state index in [2.05, 4.69) is 5.32 Å². The van der Waals surface area contributed by atoms with Crippen molar-refractivity contribution in [3.05, 3.63) is 33.8 Å². The third-order valence-corrected chi connectivity index (χ3v) is 4.49. The average molecular weight is 352 g/mol. The van der Waals surface area contributed by atoms with Gasteiger partial charge < -0.3 is 11.1 Å². The van der Waals surface area contributed by atoms with Gasteiger partial charge >= 0.3 is 0 Å². The molecule has 0 saturated heterocycles. The average Bonchev–Trinajstić information content (AvgIpc) is 2.28. The molecule has 118 valence electrons. The van der Waals surface area contributed by atoms with Gasteiger partial charge in [-0.25, -0.2) is 0 Å². The van der Waals surface area contributed by atoms with E-state index in [-0.39, 0.29) is 29.8 Å². The van der Waals surface area contributed by atoms with Crippen molar-refractivity contribution in [1.82, 2.24) is 5.32 Å². The van der Waals surface area contributed by atoms with Crippen LogP contribution in [-0.2, 0) is 10.2 Å². The van der Waals surface area contributed by atoms with Crippen molar-refractivity contribution >= 4 is 41.5 Å². The normalized spacial score (nSPS) is 17.3. The van der Waals surface area contributed by atoms with E-state index in [4.69, 9.17) is 28.9 Å². The molecule has 0 spiro atoms. The zero-order valence-electron chi connectivity index (χ0n) is 12.0. The molecule has 1 aromatic carbocycles. The predicted octanol–water partition coefficient (Wildman–Crippen LogP) is 3.69. The van der Waals surface area contributed by atoms with Crippen LogP contribution in [0.3, 0.4) is 0 Å². The molecular formula is C15H21Cl3N2O. The Morgan fingerprint density at radius 2 is 2.10 bits per heavy atom. The Kier molecular flexibility index (Phi) is 6.79. The monoisotopic (exact) mass is 350 g/mol. The molecule has 1 aliphatic carbocycles. The number of carbonyl (C=O) groups is 1. The summed E-state index contributed by atoms with van der Waals surface area (Å²) in [5.41, 5.74) is 6.67. The van der Waals surface area contributed by atoms with Crippen LogP contribution in [0.15, 0.2) is 18.2 Å². The highest BCUT2D eigenvalue weighted by atomic mass is 35.5. The number of carbonyl (C=O) groups excluding carboxylic acids is 1. The van der Waals surface area contributed by atoms with Crippen molar-refractivity contribution in [3.63, 3.8) is 0 Å². The molecule has 6 heteroatoms. The number of halogens is 3. The van der Waals surface area contributed by atoms with E-state index in [1.165, 1.54) is 0 Å². The fourth-order valence-electron chi connectivity index (χ4n) is 2.70. The van der Waals surface area contributed by atoms with Gasteiger partial charge in [-0.3, -0.25) is 4.79 Å². The van der Waals surface area contributed by atoms with Crippen LogP contribution in [0.1, 0.15) is 38.2 Å². The minimum absolute atomic E-state index is 0. The highest BCUT2D eigenvalue weighted by Crippen LogP contribution is 2.46. The van der Waals surface area contributed by atoms with Crippen LogP contribution in [0.25, 0.3) is 0 Å². The molecule has 0 bridgehead atoms. The number of hydrogen-bond donors (Lipinski definition) is 2. The second-order valence-corrected chi connectivity index (χ2v) is 6.56. The molecule has 1 fully saturated rings. The van der Waals surface area contributed by atoms with E-state index in [9.17, 15) is 4.79 Å². The molecule has 1 aromatic rings. The fourth-order valence-corrected chi connectivity index (χ4v) is 3.31. The standard InChI is InChI=1S/C15H20Cl2N2O.ClH/c1-10(18)7-14(20)19-9-15(5-2-6-15)12-4-3-11(16)8-13(12)17;/h3-4,8,10H,2,5-7,9,18H2,1H3,(H,19,20);1H. The van der Waals surface area contributed by atoms with E-state index < -0.39 is 0 Å². The van der Waals surface area contributed by atoms with Gasteiger partial charge in [-0.05, 0) is 37.5 Å². The molecule has 1 unspecified atom stereocenters. The Labute approximate surface area is 142 Å². The second kappa shape index (κ2) is 7.68. The number of benzene rings is 1. The van der Waals surface area contributed by atoms with Gasteiger partial charge in [-0.2, -0.15) is 0 Å². The Bertz CT molecular complexity index is 502. The number of amides is 1. The summed E-state index contributed by atoms with van der Waals surface area (Å²) in [6.07, 6.45) is 3.58.